The maximum absolute atomic E-state index is 13.0. The van der Waals surface area contributed by atoms with Crippen LogP contribution < -0.4 is 4.90 Å². The van der Waals surface area contributed by atoms with E-state index in [1.165, 1.54) is 12.1 Å². The second-order valence-corrected chi connectivity index (χ2v) is 7.44. The Balaban J connectivity index is 1.25. The van der Waals surface area contributed by atoms with Crippen LogP contribution in [0.1, 0.15) is 35.9 Å². The van der Waals surface area contributed by atoms with Gasteiger partial charge in [-0.15, -0.1) is 0 Å². The highest BCUT2D eigenvalue weighted by Crippen LogP contribution is 2.18. The number of piperazine rings is 1. The van der Waals surface area contributed by atoms with Crippen molar-refractivity contribution in [3.05, 3.63) is 53.6 Å². The summed E-state index contributed by atoms with van der Waals surface area (Å²) in [5, 5.41) is 0. The van der Waals surface area contributed by atoms with Crippen LogP contribution >= 0.6 is 0 Å². The molecular weight excluding hydrogens is 369 g/mol. The molecule has 6 nitrogen and oxygen atoms in total. The Labute approximate surface area is 169 Å². The van der Waals surface area contributed by atoms with Gasteiger partial charge in [-0.25, -0.2) is 14.4 Å². The molecule has 0 atom stereocenters. The van der Waals surface area contributed by atoms with Crippen LogP contribution in [-0.2, 0) is 6.42 Å². The molecule has 1 aliphatic heterocycles. The number of carbonyl (C=O) groups is 1. The van der Waals surface area contributed by atoms with Gasteiger partial charge in [0.05, 0.1) is 5.52 Å². The van der Waals surface area contributed by atoms with E-state index < -0.39 is 0 Å². The van der Waals surface area contributed by atoms with Crippen LogP contribution in [0.4, 0.5) is 10.2 Å². The Hall–Kier alpha value is -2.80. The van der Waals surface area contributed by atoms with Crippen LogP contribution in [0.15, 0.2) is 36.4 Å². The molecule has 1 saturated heterocycles. The third-order valence-corrected chi connectivity index (χ3v) is 5.46. The van der Waals surface area contributed by atoms with E-state index in [4.69, 9.17) is 4.98 Å². The zero-order valence-corrected chi connectivity index (χ0v) is 16.7. The number of anilines is 1. The summed E-state index contributed by atoms with van der Waals surface area (Å²) in [5.74, 6) is 1.69. The lowest BCUT2D eigenvalue weighted by Gasteiger charge is -2.35. The lowest BCUT2D eigenvalue weighted by Crippen LogP contribution is -2.47. The molecule has 1 aromatic carbocycles. The molecule has 0 unspecified atom stereocenters. The van der Waals surface area contributed by atoms with Gasteiger partial charge >= 0.3 is 0 Å². The van der Waals surface area contributed by atoms with E-state index in [1.807, 2.05) is 0 Å². The van der Waals surface area contributed by atoms with Crippen molar-refractivity contribution in [2.75, 3.05) is 37.6 Å². The first-order valence-corrected chi connectivity index (χ1v) is 10.2. The number of halogens is 1. The number of aromatic nitrogens is 3. The topological polar surface area (TPSA) is 65.1 Å². The minimum absolute atomic E-state index is 0.0755. The highest BCUT2D eigenvalue weighted by atomic mass is 19.1. The molecule has 2 aromatic heterocycles. The minimum atomic E-state index is -0.314. The highest BCUT2D eigenvalue weighted by Gasteiger charge is 2.19. The quantitative estimate of drug-likeness (QED) is 0.621. The van der Waals surface area contributed by atoms with Gasteiger partial charge < -0.3 is 9.88 Å². The predicted molar refractivity (Wildman–Crippen MR) is 112 cm³/mol. The van der Waals surface area contributed by atoms with Crippen molar-refractivity contribution in [1.82, 2.24) is 19.9 Å². The number of fused-ring (bicyclic) bond motifs is 1. The number of H-pyrrole nitrogens is 1. The Morgan fingerprint density at radius 2 is 1.83 bits per heavy atom. The van der Waals surface area contributed by atoms with Crippen molar-refractivity contribution in [3.8, 4) is 0 Å². The molecule has 3 aromatic rings. The van der Waals surface area contributed by atoms with Gasteiger partial charge in [-0.05, 0) is 49.4 Å². The fourth-order valence-electron chi connectivity index (χ4n) is 3.72. The van der Waals surface area contributed by atoms with E-state index in [9.17, 15) is 9.18 Å². The van der Waals surface area contributed by atoms with Crippen LogP contribution in [0.25, 0.3) is 11.2 Å². The summed E-state index contributed by atoms with van der Waals surface area (Å²) >= 11 is 0. The number of imidazole rings is 1. The monoisotopic (exact) mass is 395 g/mol. The number of aromatic amines is 1. The molecule has 0 radical (unpaired) electrons. The van der Waals surface area contributed by atoms with Crippen molar-refractivity contribution < 1.29 is 9.18 Å². The largest absolute Gasteiger partial charge is 0.354 e. The number of nitrogens with zero attached hydrogens (tertiary/aromatic N) is 4. The average Bonchev–Trinajstić information content (AvgIpc) is 3.17. The van der Waals surface area contributed by atoms with Crippen molar-refractivity contribution in [2.45, 2.75) is 26.2 Å². The molecule has 3 heterocycles. The number of hydrogen-bond donors (Lipinski definition) is 1. The first kappa shape index (κ1) is 19.5. The van der Waals surface area contributed by atoms with Gasteiger partial charge in [0, 0.05) is 44.6 Å². The smallest absolute Gasteiger partial charge is 0.179 e. The summed E-state index contributed by atoms with van der Waals surface area (Å²) in [5.41, 5.74) is 2.35. The molecule has 4 rings (SSSR count). The molecule has 0 aliphatic carbocycles. The maximum Gasteiger partial charge on any atom is 0.179 e. The second kappa shape index (κ2) is 8.69. The lowest BCUT2D eigenvalue weighted by molar-refractivity contribution is 0.0974. The predicted octanol–water partition coefficient (Wildman–Crippen LogP) is 3.44. The van der Waals surface area contributed by atoms with Crippen molar-refractivity contribution in [2.24, 2.45) is 0 Å². The summed E-state index contributed by atoms with van der Waals surface area (Å²) in [4.78, 5) is 29.4. The van der Waals surface area contributed by atoms with Gasteiger partial charge in [0.15, 0.2) is 11.4 Å². The van der Waals surface area contributed by atoms with E-state index in [2.05, 4.69) is 38.8 Å². The number of pyridine rings is 1. The van der Waals surface area contributed by atoms with Crippen LogP contribution in [0.2, 0.25) is 0 Å². The maximum atomic E-state index is 13.0. The first-order valence-electron chi connectivity index (χ1n) is 10.2. The molecule has 7 heteroatoms. The van der Waals surface area contributed by atoms with Crippen LogP contribution in [0.3, 0.4) is 0 Å². The number of benzene rings is 1. The van der Waals surface area contributed by atoms with Crippen LogP contribution in [0, 0.1) is 5.82 Å². The number of rotatable bonds is 7. The molecule has 0 bridgehead atoms. The molecule has 0 saturated carbocycles. The Bertz CT molecular complexity index is 977. The number of nitrogens with one attached hydrogen (secondary N) is 1. The van der Waals surface area contributed by atoms with Gasteiger partial charge in [0.2, 0.25) is 0 Å². The van der Waals surface area contributed by atoms with Crippen molar-refractivity contribution in [3.63, 3.8) is 0 Å². The number of carbonyl (C=O) groups excluding carboxylic acids is 1. The Morgan fingerprint density at radius 1 is 1.07 bits per heavy atom. The number of ketones is 1. The van der Waals surface area contributed by atoms with E-state index in [0.29, 0.717) is 12.0 Å². The molecule has 1 aliphatic rings. The molecule has 152 valence electrons. The molecule has 29 heavy (non-hydrogen) atoms. The molecular formula is C22H26FN5O. The van der Waals surface area contributed by atoms with Gasteiger partial charge in [-0.1, -0.05) is 6.92 Å². The van der Waals surface area contributed by atoms with E-state index >= 15 is 0 Å². The summed E-state index contributed by atoms with van der Waals surface area (Å²) in [6.45, 7) is 6.69. The lowest BCUT2D eigenvalue weighted by atomic mass is 10.1. The van der Waals surface area contributed by atoms with Gasteiger partial charge in [-0.2, -0.15) is 0 Å². The van der Waals surface area contributed by atoms with Crippen molar-refractivity contribution >= 4 is 22.8 Å². The zero-order valence-electron chi connectivity index (χ0n) is 16.7. The van der Waals surface area contributed by atoms with Crippen LogP contribution in [-0.4, -0.2) is 58.4 Å². The molecule has 1 N–H and O–H groups in total. The number of Topliss-reactive ketones (excluding diaryl/α,β-unsaturated/α-hetero) is 1. The normalized spacial score (nSPS) is 15.2. The minimum Gasteiger partial charge on any atom is -0.354 e. The zero-order chi connectivity index (χ0) is 20.2. The van der Waals surface area contributed by atoms with Gasteiger partial charge in [0.1, 0.15) is 17.5 Å². The van der Waals surface area contributed by atoms with Crippen LogP contribution in [0.5, 0.6) is 0 Å². The molecule has 0 spiro atoms. The van der Waals surface area contributed by atoms with Crippen molar-refractivity contribution in [1.29, 1.82) is 0 Å². The van der Waals surface area contributed by atoms with E-state index in [0.717, 1.165) is 68.4 Å². The standard InChI is InChI=1S/C22H26FN5O/c1-2-20-24-18-9-10-21(26-22(18)25-20)28-14-12-27(13-15-28)11-3-4-19(29)16-5-7-17(23)8-6-16/h5-10H,2-4,11-15H2,1H3,(H,24,25,26). The second-order valence-electron chi connectivity index (χ2n) is 7.44. The molecule has 0 amide bonds. The molecule has 1 fully saturated rings. The summed E-state index contributed by atoms with van der Waals surface area (Å²) < 4.78 is 13.0. The summed E-state index contributed by atoms with van der Waals surface area (Å²) in [6, 6.07) is 9.90. The third-order valence-electron chi connectivity index (χ3n) is 5.46. The highest BCUT2D eigenvalue weighted by molar-refractivity contribution is 5.95. The first-order chi connectivity index (χ1) is 14.1. The summed E-state index contributed by atoms with van der Waals surface area (Å²) in [6.07, 6.45) is 2.17. The van der Waals surface area contributed by atoms with Gasteiger partial charge in [-0.3, -0.25) is 9.69 Å². The summed E-state index contributed by atoms with van der Waals surface area (Å²) in [7, 11) is 0. The van der Waals surface area contributed by atoms with E-state index in [1.54, 1.807) is 12.1 Å². The third kappa shape index (κ3) is 4.62. The Kier molecular flexibility index (Phi) is 5.85. The van der Waals surface area contributed by atoms with Gasteiger partial charge in [0.25, 0.3) is 0 Å². The van der Waals surface area contributed by atoms with E-state index in [-0.39, 0.29) is 11.6 Å². The number of aryl methyl sites for hydroxylation is 1. The average molecular weight is 395 g/mol. The number of hydrogen-bond acceptors (Lipinski definition) is 5. The Morgan fingerprint density at radius 3 is 2.55 bits per heavy atom. The fraction of sp³-hybridized carbons (Fsp3) is 0.409. The SMILES string of the molecule is CCc1nc2nc(N3CCN(CCCC(=O)c4ccc(F)cc4)CC3)ccc2[nH]1. The fourth-order valence-corrected chi connectivity index (χ4v) is 3.72.